The molecule has 0 saturated carbocycles. The molecule has 0 fully saturated rings. The number of nitrogens with zero attached hydrogens (tertiary/aromatic N) is 1. The largest absolute Gasteiger partial charge is 0.214 e. The monoisotopic (exact) mass is 391 g/mol. The van der Waals surface area contributed by atoms with Crippen molar-refractivity contribution in [2.75, 3.05) is 0 Å². The predicted molar refractivity (Wildman–Crippen MR) is 102 cm³/mol. The van der Waals surface area contributed by atoms with Crippen molar-refractivity contribution in [1.82, 2.24) is 4.57 Å². The fourth-order valence-corrected chi connectivity index (χ4v) is 2.55. The summed E-state index contributed by atoms with van der Waals surface area (Å²) in [5.41, 5.74) is 3.94. The van der Waals surface area contributed by atoms with Crippen molar-refractivity contribution in [1.29, 1.82) is 0 Å². The Bertz CT molecular complexity index is 774. The molecule has 0 spiro atoms. The van der Waals surface area contributed by atoms with Crippen LogP contribution < -0.4 is 0 Å². The summed E-state index contributed by atoms with van der Waals surface area (Å²) in [5.74, 6) is 0. The van der Waals surface area contributed by atoms with E-state index in [0.717, 1.165) is 0 Å². The van der Waals surface area contributed by atoms with E-state index < -0.39 is 17.0 Å². The Balaban J connectivity index is 0.000000217. The van der Waals surface area contributed by atoms with E-state index in [1.54, 1.807) is 0 Å². The third kappa shape index (κ3) is 5.12. The average molecular weight is 392 g/mol. The first-order valence-corrected chi connectivity index (χ1v) is 11.9. The van der Waals surface area contributed by atoms with Gasteiger partial charge < -0.3 is 4.57 Å². The molecule has 0 unspecified atom stereocenters. The maximum absolute atomic E-state index is 4.89. The fraction of sp³-hybridized carbons (Fsp3) is 0.100. The molecule has 0 atom stereocenters. The Morgan fingerprint density at radius 3 is 2.00 bits per heavy atom. The van der Waals surface area contributed by atoms with Crippen molar-refractivity contribution in [3.05, 3.63) is 90.3 Å². The summed E-state index contributed by atoms with van der Waals surface area (Å²) in [6.45, 7) is 4.34. The van der Waals surface area contributed by atoms with Crippen molar-refractivity contribution >= 4 is 29.4 Å². The van der Waals surface area contributed by atoms with Gasteiger partial charge in [-0.25, -0.2) is 12.1 Å². The summed E-state index contributed by atoms with van der Waals surface area (Å²) in [6, 6.07) is 23.0. The van der Waals surface area contributed by atoms with Gasteiger partial charge in [0.15, 0.2) is 0 Å². The number of benzene rings is 1. The van der Waals surface area contributed by atoms with Crippen LogP contribution in [-0.2, 0) is 17.0 Å². The fourth-order valence-electron chi connectivity index (χ4n) is 2.55. The third-order valence-electron chi connectivity index (χ3n) is 3.77. The number of hydrogen-bond donors (Lipinski definition) is 0. The molecule has 0 radical (unpaired) electrons. The van der Waals surface area contributed by atoms with Gasteiger partial charge in [-0.05, 0) is 24.7 Å². The van der Waals surface area contributed by atoms with E-state index in [2.05, 4.69) is 67.2 Å². The Morgan fingerprint density at radius 1 is 0.917 bits per heavy atom. The van der Waals surface area contributed by atoms with Gasteiger partial charge >= 0.3 is 35.6 Å². The molecule has 0 aliphatic carbocycles. The Hall–Kier alpha value is -1.25. The van der Waals surface area contributed by atoms with Crippen molar-refractivity contribution in [2.24, 2.45) is 0 Å². The zero-order valence-electron chi connectivity index (χ0n) is 13.7. The number of fused-ring (bicyclic) bond motifs is 1. The summed E-state index contributed by atoms with van der Waals surface area (Å²) in [6.07, 6.45) is 4.16. The molecule has 1 heterocycles. The zero-order chi connectivity index (χ0) is 17.4. The summed E-state index contributed by atoms with van der Waals surface area (Å²) in [7, 11) is 9.78. The van der Waals surface area contributed by atoms with E-state index in [1.807, 2.05) is 30.3 Å². The molecule has 0 aliphatic heterocycles. The Kier molecular flexibility index (Phi) is 7.88. The normalized spacial score (nSPS) is 9.67. The van der Waals surface area contributed by atoms with E-state index in [9.17, 15) is 0 Å². The second-order valence-corrected chi connectivity index (χ2v) is 7.94. The molecule has 1 nitrogen and oxygen atoms in total. The maximum atomic E-state index is 4.89. The minimum absolute atomic E-state index is 0.556. The third-order valence-corrected chi connectivity index (χ3v) is 3.77. The topological polar surface area (TPSA) is 4.93 Å². The molecule has 4 heteroatoms. The first kappa shape index (κ1) is 19.1. The summed E-state index contributed by atoms with van der Waals surface area (Å²) in [5, 5.41) is 2.73. The second-order valence-electron chi connectivity index (χ2n) is 5.36. The molecule has 4 rings (SSSR count). The predicted octanol–water partition coefficient (Wildman–Crippen LogP) is 6.75. The van der Waals surface area contributed by atoms with Crippen LogP contribution in [0.3, 0.4) is 0 Å². The SMILES string of the molecule is Cc1ccc(C)c2[cH-]c(-n3cccc3)cc12.[Cl][Ti][Cl].c1cc[cH-]c1. The van der Waals surface area contributed by atoms with Gasteiger partial charge in [-0.15, -0.1) is 34.5 Å². The van der Waals surface area contributed by atoms with Crippen LogP contribution in [0.15, 0.2) is 79.1 Å². The van der Waals surface area contributed by atoms with Gasteiger partial charge in [-0.2, -0.15) is 18.2 Å². The van der Waals surface area contributed by atoms with Gasteiger partial charge in [0.05, 0.1) is 0 Å². The van der Waals surface area contributed by atoms with Gasteiger partial charge in [-0.1, -0.05) is 18.6 Å². The first-order chi connectivity index (χ1) is 11.7. The van der Waals surface area contributed by atoms with E-state index >= 15 is 0 Å². The van der Waals surface area contributed by atoms with Gasteiger partial charge in [0.25, 0.3) is 0 Å². The number of rotatable bonds is 1. The van der Waals surface area contributed by atoms with Crippen LogP contribution in [0.1, 0.15) is 11.1 Å². The van der Waals surface area contributed by atoms with E-state index in [1.165, 1.54) is 27.6 Å². The van der Waals surface area contributed by atoms with Crippen molar-refractivity contribution < 1.29 is 17.0 Å². The van der Waals surface area contributed by atoms with E-state index in [4.69, 9.17) is 18.6 Å². The molecule has 0 saturated heterocycles. The van der Waals surface area contributed by atoms with Crippen LogP contribution in [0.4, 0.5) is 0 Å². The molecule has 1 aromatic heterocycles. The molecule has 24 heavy (non-hydrogen) atoms. The number of aryl methyl sites for hydroxylation is 2. The molecule has 0 N–H and O–H groups in total. The smallest absolute Gasteiger partial charge is 0.172 e. The summed E-state index contributed by atoms with van der Waals surface area (Å²) >= 11 is -0.556. The first-order valence-electron chi connectivity index (χ1n) is 7.60. The van der Waals surface area contributed by atoms with E-state index in [0.29, 0.717) is 0 Å². The molecule has 0 aliphatic rings. The van der Waals surface area contributed by atoms with Crippen molar-refractivity contribution in [2.45, 2.75) is 13.8 Å². The quantitative estimate of drug-likeness (QED) is 0.250. The summed E-state index contributed by atoms with van der Waals surface area (Å²) < 4.78 is 2.15. The molecule has 4 aromatic rings. The second kappa shape index (κ2) is 9.91. The van der Waals surface area contributed by atoms with Gasteiger partial charge in [-0.3, -0.25) is 0 Å². The molecule has 0 bridgehead atoms. The van der Waals surface area contributed by atoms with Crippen molar-refractivity contribution in [3.8, 4) is 5.69 Å². The Labute approximate surface area is 160 Å². The van der Waals surface area contributed by atoms with Crippen LogP contribution in [0.2, 0.25) is 0 Å². The van der Waals surface area contributed by atoms with Gasteiger partial charge in [0.2, 0.25) is 0 Å². The van der Waals surface area contributed by atoms with Crippen molar-refractivity contribution in [3.63, 3.8) is 0 Å². The van der Waals surface area contributed by atoms with Crippen LogP contribution in [0.25, 0.3) is 16.5 Å². The minimum Gasteiger partial charge on any atom is -0.214 e. The van der Waals surface area contributed by atoms with Crippen LogP contribution in [0.5, 0.6) is 0 Å². The summed E-state index contributed by atoms with van der Waals surface area (Å²) in [4.78, 5) is 0. The number of hydrogen-bond acceptors (Lipinski definition) is 0. The van der Waals surface area contributed by atoms with Crippen LogP contribution in [0, 0.1) is 13.8 Å². The number of halogens is 2. The average Bonchev–Trinajstić information content (AvgIpc) is 3.35. The van der Waals surface area contributed by atoms with Crippen LogP contribution in [-0.4, -0.2) is 4.57 Å². The zero-order valence-corrected chi connectivity index (χ0v) is 16.8. The maximum Gasteiger partial charge on any atom is -0.172 e. The van der Waals surface area contributed by atoms with Gasteiger partial charge in [0, 0.05) is 12.4 Å². The molecule has 124 valence electrons. The standard InChI is InChI=1S/C15H14N.C5H5.2ClH.Ti/c1-11-5-6-12(2)15-10-13(9-14(11)15)16-7-3-4-8-16;1-2-4-5-3-1;;;/h3-10H,1-2H3;1-5H;2*1H;/q2*-1;;;+2/p-2. The van der Waals surface area contributed by atoms with Crippen LogP contribution >= 0.6 is 18.6 Å². The molecular formula is C20H19Cl2NTi-2. The Morgan fingerprint density at radius 2 is 1.50 bits per heavy atom. The molecule has 3 aromatic carbocycles. The number of aromatic nitrogens is 1. The minimum atomic E-state index is -0.556. The molecule has 0 amide bonds. The van der Waals surface area contributed by atoms with E-state index in [-0.39, 0.29) is 0 Å². The van der Waals surface area contributed by atoms with Gasteiger partial charge in [0.1, 0.15) is 0 Å². The molecular weight excluding hydrogens is 373 g/mol.